The fourth-order valence-electron chi connectivity index (χ4n) is 5.07. The lowest BCUT2D eigenvalue weighted by Gasteiger charge is -2.34. The second kappa shape index (κ2) is 8.02. The van der Waals surface area contributed by atoms with E-state index in [9.17, 15) is 13.2 Å². The molecule has 7 nitrogen and oxygen atoms in total. The summed E-state index contributed by atoms with van der Waals surface area (Å²) in [5.41, 5.74) is 9.83. The van der Waals surface area contributed by atoms with Crippen molar-refractivity contribution in [1.29, 1.82) is 5.41 Å². The van der Waals surface area contributed by atoms with Crippen molar-refractivity contribution in [2.24, 2.45) is 0 Å². The first-order valence-corrected chi connectivity index (χ1v) is 11.1. The van der Waals surface area contributed by atoms with Crippen molar-refractivity contribution in [2.45, 2.75) is 44.9 Å². The number of halogens is 3. The molecule has 2 aliphatic rings. The number of fused-ring (bicyclic) bond motifs is 3. The third kappa shape index (κ3) is 3.62. The number of aromatic nitrogens is 3. The predicted molar refractivity (Wildman–Crippen MR) is 121 cm³/mol. The Morgan fingerprint density at radius 1 is 1.27 bits per heavy atom. The summed E-state index contributed by atoms with van der Waals surface area (Å²) in [5.74, 6) is 0. The predicted octanol–water partition coefficient (Wildman–Crippen LogP) is 4.33. The zero-order valence-electron chi connectivity index (χ0n) is 18.2. The molecule has 174 valence electrons. The van der Waals surface area contributed by atoms with Crippen LogP contribution in [0.1, 0.15) is 42.1 Å². The van der Waals surface area contributed by atoms with E-state index in [4.69, 9.17) is 20.9 Å². The van der Waals surface area contributed by atoms with Crippen molar-refractivity contribution in [1.82, 2.24) is 15.2 Å². The number of anilines is 2. The van der Waals surface area contributed by atoms with Gasteiger partial charge in [-0.15, -0.1) is 0 Å². The Balaban J connectivity index is 1.85. The molecular formula is C23H25F3N6O. The van der Waals surface area contributed by atoms with Crippen LogP contribution >= 0.6 is 0 Å². The smallest absolute Gasteiger partial charge is 0.398 e. The normalized spacial score (nSPS) is 19.0. The first-order chi connectivity index (χ1) is 15.8. The summed E-state index contributed by atoms with van der Waals surface area (Å²) in [7, 11) is 0. The average Bonchev–Trinajstić information content (AvgIpc) is 3.28. The van der Waals surface area contributed by atoms with Gasteiger partial charge in [0.2, 0.25) is 0 Å². The first-order valence-electron chi connectivity index (χ1n) is 11.1. The number of hydrogen-bond acceptors (Lipinski definition) is 6. The van der Waals surface area contributed by atoms with Gasteiger partial charge in [0, 0.05) is 35.9 Å². The van der Waals surface area contributed by atoms with Gasteiger partial charge in [0.1, 0.15) is 5.69 Å². The number of nitrogens with two attached hydrogens (primary N) is 1. The molecule has 1 aliphatic carbocycles. The van der Waals surface area contributed by atoms with E-state index in [1.165, 1.54) is 12.4 Å². The van der Waals surface area contributed by atoms with Gasteiger partial charge in [0.15, 0.2) is 0 Å². The number of hydrogen-bond donors (Lipinski definition) is 3. The second-order valence-corrected chi connectivity index (χ2v) is 8.68. The average molecular weight is 458 g/mol. The molecule has 33 heavy (non-hydrogen) atoms. The van der Waals surface area contributed by atoms with Gasteiger partial charge in [-0.1, -0.05) is 0 Å². The number of rotatable bonds is 3. The van der Waals surface area contributed by atoms with Crippen LogP contribution in [0.4, 0.5) is 24.5 Å². The molecular weight excluding hydrogens is 433 g/mol. The van der Waals surface area contributed by atoms with E-state index >= 15 is 0 Å². The zero-order valence-corrected chi connectivity index (χ0v) is 18.2. The molecule has 0 unspecified atom stereocenters. The van der Waals surface area contributed by atoms with Gasteiger partial charge < -0.3 is 20.8 Å². The number of aromatic amines is 1. The fraction of sp³-hybridized carbons (Fsp3) is 0.435. The van der Waals surface area contributed by atoms with Gasteiger partial charge in [-0.25, -0.2) is 4.98 Å². The van der Waals surface area contributed by atoms with Gasteiger partial charge in [0.25, 0.3) is 0 Å². The molecule has 4 N–H and O–H groups in total. The van der Waals surface area contributed by atoms with Crippen LogP contribution in [0.3, 0.4) is 0 Å². The topological polar surface area (TPSA) is 104 Å². The Morgan fingerprint density at radius 3 is 2.73 bits per heavy atom. The minimum Gasteiger partial charge on any atom is -0.398 e. The van der Waals surface area contributed by atoms with Crippen LogP contribution in [0.15, 0.2) is 12.3 Å². The van der Waals surface area contributed by atoms with Crippen molar-refractivity contribution in [2.75, 3.05) is 30.3 Å². The number of H-pyrrole nitrogens is 1. The van der Waals surface area contributed by atoms with Gasteiger partial charge in [-0.05, 0) is 49.8 Å². The van der Waals surface area contributed by atoms with Crippen LogP contribution in [-0.4, -0.2) is 47.2 Å². The van der Waals surface area contributed by atoms with Crippen molar-refractivity contribution < 1.29 is 17.9 Å². The molecule has 0 spiro atoms. The molecule has 1 fully saturated rings. The summed E-state index contributed by atoms with van der Waals surface area (Å²) < 4.78 is 46.9. The highest BCUT2D eigenvalue weighted by molar-refractivity contribution is 6.10. The molecule has 0 saturated carbocycles. The van der Waals surface area contributed by atoms with Crippen LogP contribution in [0.2, 0.25) is 0 Å². The highest BCUT2D eigenvalue weighted by Gasteiger charge is 2.38. The van der Waals surface area contributed by atoms with Gasteiger partial charge >= 0.3 is 6.18 Å². The van der Waals surface area contributed by atoms with Crippen molar-refractivity contribution in [3.63, 3.8) is 0 Å². The Hall–Kier alpha value is -3.14. The largest absolute Gasteiger partial charge is 0.433 e. The summed E-state index contributed by atoms with van der Waals surface area (Å²) in [4.78, 5) is 6.97. The van der Waals surface area contributed by atoms with Crippen molar-refractivity contribution in [3.8, 4) is 11.3 Å². The number of nitrogen functional groups attached to an aromatic ring is 1. The lowest BCUT2D eigenvalue weighted by molar-refractivity contribution is -0.140. The number of alkyl halides is 3. The Labute approximate surface area is 188 Å². The molecule has 3 aromatic rings. The number of pyridine rings is 1. The lowest BCUT2D eigenvalue weighted by Crippen LogP contribution is -2.41. The Morgan fingerprint density at radius 2 is 2.03 bits per heavy atom. The maximum atomic E-state index is 13.7. The van der Waals surface area contributed by atoms with Crippen LogP contribution in [0.25, 0.3) is 22.2 Å². The lowest BCUT2D eigenvalue weighted by atomic mass is 9.84. The van der Waals surface area contributed by atoms with E-state index in [0.29, 0.717) is 55.0 Å². The van der Waals surface area contributed by atoms with Crippen LogP contribution in [0, 0.1) is 5.41 Å². The maximum Gasteiger partial charge on any atom is 0.433 e. The minimum atomic E-state index is -4.58. The zero-order chi connectivity index (χ0) is 23.3. The van der Waals surface area contributed by atoms with Gasteiger partial charge in [-0.2, -0.15) is 18.3 Å². The Kier molecular flexibility index (Phi) is 5.27. The molecule has 0 amide bonds. The van der Waals surface area contributed by atoms with Crippen LogP contribution in [-0.2, 0) is 23.8 Å². The molecule has 10 heteroatoms. The summed E-state index contributed by atoms with van der Waals surface area (Å²) in [6, 6.07) is 1.78. The van der Waals surface area contributed by atoms with E-state index in [1.54, 1.807) is 6.07 Å². The van der Waals surface area contributed by atoms with Crippen molar-refractivity contribution in [3.05, 3.63) is 34.6 Å². The second-order valence-electron chi connectivity index (χ2n) is 8.68. The van der Waals surface area contributed by atoms with E-state index < -0.39 is 11.9 Å². The molecule has 3 heterocycles. The van der Waals surface area contributed by atoms with E-state index in [2.05, 4.69) is 15.1 Å². The van der Waals surface area contributed by atoms with Gasteiger partial charge in [0.05, 0.1) is 41.4 Å². The fourth-order valence-corrected chi connectivity index (χ4v) is 5.07. The monoisotopic (exact) mass is 458 g/mol. The third-order valence-corrected chi connectivity index (χ3v) is 6.54. The standard InChI is InChI=1S/C23H25F3N6O/c1-12-11-32(6-7-33-12)18-8-17(28)15(9-27)19-13-4-2-3-5-14(13)20(30-21(18)19)16-10-29-31-22(16)23(24,25)26/h8-10,12,27H,2-7,11,28H2,1H3,(H,29,31)/t12-/m1/s1. The number of nitrogens with zero attached hydrogens (tertiary/aromatic N) is 3. The third-order valence-electron chi connectivity index (χ3n) is 6.54. The maximum absolute atomic E-state index is 13.7. The SMILES string of the molecule is C[C@@H]1CN(c2cc(N)c(C=N)c3c4c(c(-c5cn[nH]c5C(F)(F)F)nc23)CCCC4)CCO1. The van der Waals surface area contributed by atoms with Crippen LogP contribution in [0.5, 0.6) is 0 Å². The summed E-state index contributed by atoms with van der Waals surface area (Å²) >= 11 is 0. The number of aryl methyl sites for hydroxylation is 1. The summed E-state index contributed by atoms with van der Waals surface area (Å²) in [6.07, 6.45) is 0.946. The highest BCUT2D eigenvalue weighted by Crippen LogP contribution is 2.43. The number of nitrogens with one attached hydrogen (secondary N) is 2. The number of morpholine rings is 1. The minimum absolute atomic E-state index is 0.000224. The molecule has 0 radical (unpaired) electrons. The van der Waals surface area contributed by atoms with E-state index in [0.717, 1.165) is 35.0 Å². The molecule has 5 rings (SSSR count). The van der Waals surface area contributed by atoms with E-state index in [1.807, 2.05) is 6.92 Å². The molecule has 1 saturated heterocycles. The number of ether oxygens (including phenoxy) is 1. The van der Waals surface area contributed by atoms with Gasteiger partial charge in [-0.3, -0.25) is 5.10 Å². The van der Waals surface area contributed by atoms with E-state index in [-0.39, 0.29) is 11.7 Å². The molecule has 1 atom stereocenters. The molecule has 1 aliphatic heterocycles. The quantitative estimate of drug-likeness (QED) is 0.400. The molecule has 0 bridgehead atoms. The Bertz CT molecular complexity index is 1240. The summed E-state index contributed by atoms with van der Waals surface area (Å²) in [6.45, 7) is 3.75. The summed E-state index contributed by atoms with van der Waals surface area (Å²) in [5, 5.41) is 14.6. The first kappa shape index (κ1) is 21.7. The number of benzene rings is 1. The molecule has 2 aromatic heterocycles. The highest BCUT2D eigenvalue weighted by atomic mass is 19.4. The van der Waals surface area contributed by atoms with Crippen molar-refractivity contribution >= 4 is 28.5 Å². The van der Waals surface area contributed by atoms with Crippen LogP contribution < -0.4 is 10.6 Å². The molecule has 1 aromatic carbocycles.